The summed E-state index contributed by atoms with van der Waals surface area (Å²) in [6.45, 7) is 0.744. The molecule has 0 saturated heterocycles. The molecular weight excluding hydrogens is 524 g/mol. The minimum absolute atomic E-state index is 0.0207. The zero-order valence-electron chi connectivity index (χ0n) is 23.5. The first-order valence-corrected chi connectivity index (χ1v) is 14.0. The Bertz CT molecular complexity index is 1450. The zero-order chi connectivity index (χ0) is 29.4. The molecule has 0 saturated carbocycles. The largest absolute Gasteiger partial charge is 0.387 e. The number of nitro benzene ring substituents is 1. The van der Waals surface area contributed by atoms with Crippen LogP contribution in [0, 0.1) is 10.1 Å². The molecule has 0 aliphatic heterocycles. The fraction of sp³-hybridized carbons (Fsp3) is 0.167. The lowest BCUT2D eigenvalue weighted by atomic mass is 9.80. The minimum Gasteiger partial charge on any atom is -0.387 e. The van der Waals surface area contributed by atoms with Crippen LogP contribution in [0.2, 0.25) is 0 Å². The number of rotatable bonds is 12. The highest BCUT2D eigenvalue weighted by molar-refractivity contribution is 5.47. The molecule has 0 heterocycles. The third-order valence-corrected chi connectivity index (χ3v) is 7.66. The van der Waals surface area contributed by atoms with Crippen LogP contribution >= 0.6 is 0 Å². The van der Waals surface area contributed by atoms with Gasteiger partial charge in [0.25, 0.3) is 5.69 Å². The Morgan fingerprint density at radius 1 is 0.714 bits per heavy atom. The molecule has 2 atom stereocenters. The van der Waals surface area contributed by atoms with Crippen molar-refractivity contribution >= 4 is 5.69 Å². The van der Waals surface area contributed by atoms with Crippen LogP contribution in [0.25, 0.3) is 0 Å². The molecule has 0 fully saturated rings. The standard InChI is InChI=1S/C36H34N2O4/c1-37(26-28-14-6-2-7-15-28)34(35(39)29-22-24-33(25-23-29)38(40)41)27-42-36(30-16-8-3-9-17-30,31-18-10-4-11-19-31)32-20-12-5-13-21-32/h2-25,34-35,39H,26-27H2,1H3/t34-,35-/m1/s1. The Hall–Kier alpha value is -4.62. The quantitative estimate of drug-likeness (QED) is 0.100. The Kier molecular flexibility index (Phi) is 9.19. The Labute approximate surface area is 246 Å². The number of nitrogens with zero attached hydrogens (tertiary/aromatic N) is 2. The summed E-state index contributed by atoms with van der Waals surface area (Å²) in [4.78, 5) is 12.9. The third-order valence-electron chi connectivity index (χ3n) is 7.66. The molecule has 5 rings (SSSR count). The molecule has 212 valence electrons. The van der Waals surface area contributed by atoms with Crippen LogP contribution in [0.1, 0.15) is 33.9 Å². The molecule has 0 aromatic heterocycles. The van der Waals surface area contributed by atoms with E-state index < -0.39 is 22.7 Å². The molecule has 6 heteroatoms. The number of ether oxygens (including phenoxy) is 1. The fourth-order valence-corrected chi connectivity index (χ4v) is 5.44. The van der Waals surface area contributed by atoms with Gasteiger partial charge in [0.05, 0.1) is 23.7 Å². The lowest BCUT2D eigenvalue weighted by Gasteiger charge is -2.39. The van der Waals surface area contributed by atoms with Gasteiger partial charge in [-0.05, 0) is 47.0 Å². The number of aliphatic hydroxyl groups excluding tert-OH is 1. The highest BCUT2D eigenvalue weighted by Gasteiger charge is 2.39. The van der Waals surface area contributed by atoms with Gasteiger partial charge in [-0.2, -0.15) is 0 Å². The van der Waals surface area contributed by atoms with E-state index in [-0.39, 0.29) is 12.3 Å². The van der Waals surface area contributed by atoms with Crippen molar-refractivity contribution in [1.82, 2.24) is 4.90 Å². The van der Waals surface area contributed by atoms with Gasteiger partial charge in [-0.25, -0.2) is 0 Å². The number of hydrogen-bond donors (Lipinski definition) is 1. The van der Waals surface area contributed by atoms with Crippen LogP contribution in [0.4, 0.5) is 5.69 Å². The van der Waals surface area contributed by atoms with Gasteiger partial charge >= 0.3 is 0 Å². The van der Waals surface area contributed by atoms with E-state index in [1.165, 1.54) is 12.1 Å². The molecule has 0 amide bonds. The summed E-state index contributed by atoms with van der Waals surface area (Å²) in [7, 11) is 1.96. The van der Waals surface area contributed by atoms with Gasteiger partial charge in [0.2, 0.25) is 0 Å². The molecule has 0 aliphatic carbocycles. The first-order chi connectivity index (χ1) is 20.5. The van der Waals surface area contributed by atoms with Crippen molar-refractivity contribution in [3.63, 3.8) is 0 Å². The Morgan fingerprint density at radius 3 is 1.57 bits per heavy atom. The normalized spacial score (nSPS) is 13.0. The molecule has 0 aliphatic rings. The first-order valence-electron chi connectivity index (χ1n) is 14.0. The fourth-order valence-electron chi connectivity index (χ4n) is 5.44. The van der Waals surface area contributed by atoms with Gasteiger partial charge in [0.15, 0.2) is 0 Å². The Morgan fingerprint density at radius 2 is 1.14 bits per heavy atom. The van der Waals surface area contributed by atoms with E-state index in [0.29, 0.717) is 12.1 Å². The van der Waals surface area contributed by atoms with Crippen molar-refractivity contribution in [3.05, 3.63) is 184 Å². The Balaban J connectivity index is 1.57. The van der Waals surface area contributed by atoms with Crippen LogP contribution in [0.15, 0.2) is 146 Å². The summed E-state index contributed by atoms with van der Waals surface area (Å²) in [5.41, 5.74) is 3.61. The maximum absolute atomic E-state index is 11.8. The number of likely N-dealkylation sites (N-methyl/N-ethyl adjacent to an activating group) is 1. The predicted molar refractivity (Wildman–Crippen MR) is 165 cm³/mol. The van der Waals surface area contributed by atoms with E-state index in [0.717, 1.165) is 22.3 Å². The number of nitro groups is 1. The van der Waals surface area contributed by atoms with Crippen LogP contribution in [-0.2, 0) is 16.9 Å². The van der Waals surface area contributed by atoms with Crippen LogP contribution < -0.4 is 0 Å². The number of aliphatic hydroxyl groups is 1. The third kappa shape index (κ3) is 6.31. The maximum Gasteiger partial charge on any atom is 0.269 e. The number of non-ortho nitro benzene ring substituents is 1. The van der Waals surface area contributed by atoms with E-state index in [1.54, 1.807) is 12.1 Å². The highest BCUT2D eigenvalue weighted by Crippen LogP contribution is 2.41. The predicted octanol–water partition coefficient (Wildman–Crippen LogP) is 7.14. The van der Waals surface area contributed by atoms with Gasteiger partial charge in [0.1, 0.15) is 5.60 Å². The monoisotopic (exact) mass is 558 g/mol. The van der Waals surface area contributed by atoms with Crippen molar-refractivity contribution in [2.75, 3.05) is 13.7 Å². The van der Waals surface area contributed by atoms with Gasteiger partial charge in [-0.3, -0.25) is 15.0 Å². The molecule has 6 nitrogen and oxygen atoms in total. The van der Waals surface area contributed by atoms with Gasteiger partial charge in [-0.15, -0.1) is 0 Å². The average Bonchev–Trinajstić information content (AvgIpc) is 3.05. The summed E-state index contributed by atoms with van der Waals surface area (Å²) in [5.74, 6) is 0. The molecule has 1 N–H and O–H groups in total. The van der Waals surface area contributed by atoms with Crippen molar-refractivity contribution in [2.45, 2.75) is 24.3 Å². The van der Waals surface area contributed by atoms with Crippen LogP contribution in [0.3, 0.4) is 0 Å². The smallest absolute Gasteiger partial charge is 0.269 e. The summed E-state index contributed by atoms with van der Waals surface area (Å²) in [5, 5.41) is 23.0. The second kappa shape index (κ2) is 13.4. The van der Waals surface area contributed by atoms with E-state index >= 15 is 0 Å². The van der Waals surface area contributed by atoms with E-state index in [9.17, 15) is 15.2 Å². The minimum atomic E-state index is -0.973. The van der Waals surface area contributed by atoms with Crippen LogP contribution in [-0.4, -0.2) is 34.6 Å². The molecule has 5 aromatic rings. The molecule has 0 spiro atoms. The molecule has 42 heavy (non-hydrogen) atoms. The first kappa shape index (κ1) is 28.9. The summed E-state index contributed by atoms with van der Waals surface area (Å²) in [6.07, 6.45) is -0.973. The van der Waals surface area contributed by atoms with Crippen LogP contribution in [0.5, 0.6) is 0 Å². The van der Waals surface area contributed by atoms with Crippen molar-refractivity contribution in [3.8, 4) is 0 Å². The molecule has 5 aromatic carbocycles. The molecule has 0 radical (unpaired) electrons. The maximum atomic E-state index is 11.8. The van der Waals surface area contributed by atoms with Gasteiger partial charge in [-0.1, -0.05) is 121 Å². The number of benzene rings is 5. The summed E-state index contributed by atoms with van der Waals surface area (Å²) in [6, 6.07) is 46.0. The SMILES string of the molecule is CN(Cc1ccccc1)[C@H](COC(c1ccccc1)(c1ccccc1)c1ccccc1)[C@H](O)c1ccc([N+](=O)[O-])cc1. The van der Waals surface area contributed by atoms with Gasteiger partial charge < -0.3 is 9.84 Å². The zero-order valence-corrected chi connectivity index (χ0v) is 23.5. The second-order valence-corrected chi connectivity index (χ2v) is 10.4. The van der Waals surface area contributed by atoms with Crippen molar-refractivity contribution < 1.29 is 14.8 Å². The topological polar surface area (TPSA) is 75.8 Å². The second-order valence-electron chi connectivity index (χ2n) is 10.4. The lowest BCUT2D eigenvalue weighted by Crippen LogP contribution is -2.44. The lowest BCUT2D eigenvalue weighted by molar-refractivity contribution is -0.384. The molecule has 0 bridgehead atoms. The summed E-state index contributed by atoms with van der Waals surface area (Å²) >= 11 is 0. The van der Waals surface area contributed by atoms with E-state index in [2.05, 4.69) is 53.4 Å². The number of hydrogen-bond acceptors (Lipinski definition) is 5. The van der Waals surface area contributed by atoms with Crippen molar-refractivity contribution in [1.29, 1.82) is 0 Å². The van der Waals surface area contributed by atoms with Crippen molar-refractivity contribution in [2.24, 2.45) is 0 Å². The van der Waals surface area contributed by atoms with Gasteiger partial charge in [0, 0.05) is 18.7 Å². The molecule has 0 unspecified atom stereocenters. The van der Waals surface area contributed by atoms with E-state index in [4.69, 9.17) is 4.74 Å². The molecular formula is C36H34N2O4. The average molecular weight is 559 g/mol. The highest BCUT2D eigenvalue weighted by atomic mass is 16.6. The summed E-state index contributed by atoms with van der Waals surface area (Å²) < 4.78 is 7.10. The van der Waals surface area contributed by atoms with E-state index in [1.807, 2.05) is 79.8 Å².